The lowest BCUT2D eigenvalue weighted by atomic mass is 10.3. The summed E-state index contributed by atoms with van der Waals surface area (Å²) in [4.78, 5) is 22.8. The normalized spacial score (nSPS) is 14.9. The van der Waals surface area contributed by atoms with Crippen LogP contribution >= 0.6 is 11.6 Å². The van der Waals surface area contributed by atoms with E-state index in [-0.39, 0.29) is 5.56 Å². The summed E-state index contributed by atoms with van der Waals surface area (Å²) >= 11 is 5.81. The first-order valence-electron chi connectivity index (χ1n) is 5.17. The minimum atomic E-state index is -0.236. The molecule has 3 N–H and O–H groups in total. The van der Waals surface area contributed by atoms with Gasteiger partial charge in [-0.1, -0.05) is 11.6 Å². The van der Waals surface area contributed by atoms with Crippen molar-refractivity contribution >= 4 is 35.9 Å². The van der Waals surface area contributed by atoms with Crippen LogP contribution in [-0.4, -0.2) is 27.6 Å². The summed E-state index contributed by atoms with van der Waals surface area (Å²) in [6.45, 7) is 0. The van der Waals surface area contributed by atoms with Gasteiger partial charge >= 0.3 is 0 Å². The van der Waals surface area contributed by atoms with E-state index in [2.05, 4.69) is 25.2 Å². The number of H-pyrrole nitrogens is 3. The SMILES string of the molecule is O=c1[nH][nH]c(=C2N=CC=N2)c1=Cc1cc(Cl)c[nH]1. The molecule has 0 aliphatic carbocycles. The molecule has 3 rings (SSSR count). The molecule has 2 aromatic rings. The third-order valence-electron chi connectivity index (χ3n) is 2.47. The summed E-state index contributed by atoms with van der Waals surface area (Å²) < 4.78 is 0. The monoisotopic (exact) mass is 261 g/mol. The second-order valence-electron chi connectivity index (χ2n) is 3.67. The molecule has 1 aliphatic rings. The number of nitrogens with one attached hydrogen (secondary N) is 3. The predicted octanol–water partition coefficient (Wildman–Crippen LogP) is -0.266. The first-order chi connectivity index (χ1) is 8.74. The van der Waals surface area contributed by atoms with Crippen molar-refractivity contribution in [3.8, 4) is 0 Å². The van der Waals surface area contributed by atoms with Gasteiger partial charge in [0.05, 0.1) is 10.2 Å². The van der Waals surface area contributed by atoms with E-state index in [1.165, 1.54) is 0 Å². The molecule has 0 spiro atoms. The lowest BCUT2D eigenvalue weighted by molar-refractivity contribution is 1.03. The second-order valence-corrected chi connectivity index (χ2v) is 4.10. The lowest BCUT2D eigenvalue weighted by Crippen LogP contribution is -2.34. The highest BCUT2D eigenvalue weighted by molar-refractivity contribution is 6.30. The zero-order valence-electron chi connectivity index (χ0n) is 9.07. The van der Waals surface area contributed by atoms with Crippen LogP contribution in [0.2, 0.25) is 5.02 Å². The number of aromatic amines is 3. The fourth-order valence-electron chi connectivity index (χ4n) is 1.67. The molecule has 0 atom stereocenters. The molecule has 0 aromatic carbocycles. The van der Waals surface area contributed by atoms with Gasteiger partial charge < -0.3 is 4.98 Å². The van der Waals surface area contributed by atoms with Crippen LogP contribution in [0.4, 0.5) is 0 Å². The number of nitrogens with zero attached hydrogens (tertiary/aromatic N) is 2. The summed E-state index contributed by atoms with van der Waals surface area (Å²) in [5.41, 5.74) is 0.499. The van der Waals surface area contributed by atoms with Gasteiger partial charge in [-0.15, -0.1) is 0 Å². The van der Waals surface area contributed by atoms with Crippen LogP contribution in [0, 0.1) is 0 Å². The predicted molar refractivity (Wildman–Crippen MR) is 70.4 cm³/mol. The highest BCUT2D eigenvalue weighted by Gasteiger charge is 2.03. The van der Waals surface area contributed by atoms with Gasteiger partial charge in [-0.3, -0.25) is 15.0 Å². The number of hydrogen-bond donors (Lipinski definition) is 3. The number of aromatic nitrogens is 3. The Hall–Kier alpha value is -2.34. The van der Waals surface area contributed by atoms with Gasteiger partial charge in [0.1, 0.15) is 5.35 Å². The molecule has 1 aliphatic heterocycles. The van der Waals surface area contributed by atoms with Crippen molar-refractivity contribution in [3.05, 3.63) is 43.9 Å². The molecular weight excluding hydrogens is 254 g/mol. The topological polar surface area (TPSA) is 89.2 Å². The van der Waals surface area contributed by atoms with Crippen molar-refractivity contribution in [2.24, 2.45) is 9.98 Å². The van der Waals surface area contributed by atoms with E-state index in [4.69, 9.17) is 11.6 Å². The third-order valence-corrected chi connectivity index (χ3v) is 2.69. The molecule has 3 heterocycles. The number of hydrogen-bond acceptors (Lipinski definition) is 3. The number of aliphatic imine (C=N–C) groups is 2. The smallest absolute Gasteiger partial charge is 0.272 e. The van der Waals surface area contributed by atoms with Crippen molar-refractivity contribution in [1.82, 2.24) is 15.2 Å². The summed E-state index contributed by atoms with van der Waals surface area (Å²) in [7, 11) is 0. The maximum Gasteiger partial charge on any atom is 0.272 e. The summed E-state index contributed by atoms with van der Waals surface area (Å²) in [6.07, 6.45) is 6.46. The van der Waals surface area contributed by atoms with E-state index in [9.17, 15) is 4.79 Å². The molecule has 0 amide bonds. The van der Waals surface area contributed by atoms with E-state index in [0.717, 1.165) is 5.69 Å². The highest BCUT2D eigenvalue weighted by atomic mass is 35.5. The Kier molecular flexibility index (Phi) is 2.49. The maximum atomic E-state index is 11.7. The average Bonchev–Trinajstić information content (AvgIpc) is 3.03. The third kappa shape index (κ3) is 1.82. The largest absolute Gasteiger partial charge is 0.360 e. The van der Waals surface area contributed by atoms with Crippen LogP contribution in [0.5, 0.6) is 0 Å². The van der Waals surface area contributed by atoms with Crippen molar-refractivity contribution in [1.29, 1.82) is 0 Å². The van der Waals surface area contributed by atoms with Gasteiger partial charge in [0, 0.05) is 24.3 Å². The fourth-order valence-corrected chi connectivity index (χ4v) is 1.85. The van der Waals surface area contributed by atoms with Crippen molar-refractivity contribution < 1.29 is 0 Å². The molecule has 7 heteroatoms. The Morgan fingerprint density at radius 3 is 2.67 bits per heavy atom. The molecule has 6 nitrogen and oxygen atoms in total. The Bertz CT molecular complexity index is 806. The average molecular weight is 262 g/mol. The first-order valence-corrected chi connectivity index (χ1v) is 5.55. The van der Waals surface area contributed by atoms with Crippen LogP contribution in [0.1, 0.15) is 5.69 Å². The fraction of sp³-hybridized carbons (Fsp3) is 0. The molecule has 18 heavy (non-hydrogen) atoms. The first kappa shape index (κ1) is 10.8. The standard InChI is InChI=1S/C11H8ClN5O/c12-6-3-7(15-5-6)4-8-9(16-17-11(8)18)10-13-1-2-14-10/h1-5,15-16H,(H,17,18). The van der Waals surface area contributed by atoms with Crippen LogP contribution in [0.25, 0.3) is 11.9 Å². The van der Waals surface area contributed by atoms with Crippen LogP contribution in [0.15, 0.2) is 27.0 Å². The summed E-state index contributed by atoms with van der Waals surface area (Å²) in [5, 5.41) is 6.87. The van der Waals surface area contributed by atoms with Gasteiger partial charge in [-0.2, -0.15) is 0 Å². The van der Waals surface area contributed by atoms with E-state index in [0.29, 0.717) is 21.4 Å². The molecule has 0 saturated carbocycles. The molecule has 2 aromatic heterocycles. The minimum Gasteiger partial charge on any atom is -0.360 e. The Morgan fingerprint density at radius 2 is 2.00 bits per heavy atom. The van der Waals surface area contributed by atoms with Crippen molar-refractivity contribution in [3.63, 3.8) is 0 Å². The van der Waals surface area contributed by atoms with E-state index in [1.807, 2.05) is 0 Å². The lowest BCUT2D eigenvalue weighted by Gasteiger charge is -1.85. The molecule has 0 fully saturated rings. The Labute approximate surface area is 105 Å². The Morgan fingerprint density at radius 1 is 1.22 bits per heavy atom. The van der Waals surface area contributed by atoms with E-state index in [1.54, 1.807) is 30.8 Å². The van der Waals surface area contributed by atoms with Crippen LogP contribution in [0.3, 0.4) is 0 Å². The second kappa shape index (κ2) is 4.15. The van der Waals surface area contributed by atoms with Crippen molar-refractivity contribution in [2.75, 3.05) is 0 Å². The van der Waals surface area contributed by atoms with Gasteiger partial charge in [-0.05, 0) is 12.1 Å². The quantitative estimate of drug-likeness (QED) is 0.648. The number of halogens is 1. The zero-order chi connectivity index (χ0) is 12.5. The van der Waals surface area contributed by atoms with Gasteiger partial charge in [-0.25, -0.2) is 9.98 Å². The summed E-state index contributed by atoms with van der Waals surface area (Å²) in [6, 6.07) is 1.73. The Balaban J connectivity index is 2.31. The van der Waals surface area contributed by atoms with Gasteiger partial charge in [0.2, 0.25) is 0 Å². The zero-order valence-corrected chi connectivity index (χ0v) is 9.82. The van der Waals surface area contributed by atoms with Gasteiger partial charge in [0.25, 0.3) is 5.56 Å². The molecule has 0 radical (unpaired) electrons. The van der Waals surface area contributed by atoms with Gasteiger partial charge in [0.15, 0.2) is 5.82 Å². The molecule has 90 valence electrons. The minimum absolute atomic E-state index is 0.236. The van der Waals surface area contributed by atoms with Crippen LogP contribution in [-0.2, 0) is 0 Å². The van der Waals surface area contributed by atoms with Crippen LogP contribution < -0.4 is 16.1 Å². The van der Waals surface area contributed by atoms with Crippen molar-refractivity contribution in [2.45, 2.75) is 0 Å². The van der Waals surface area contributed by atoms with E-state index >= 15 is 0 Å². The molecule has 0 bridgehead atoms. The summed E-state index contributed by atoms with van der Waals surface area (Å²) in [5.74, 6) is 0.470. The molecule has 0 saturated heterocycles. The highest BCUT2D eigenvalue weighted by Crippen LogP contribution is 2.09. The maximum absolute atomic E-state index is 11.7. The van der Waals surface area contributed by atoms with E-state index < -0.39 is 0 Å². The molecular formula is C11H8ClN5O. The molecule has 0 unspecified atom stereocenters. The number of rotatable bonds is 1.